The van der Waals surface area contributed by atoms with E-state index in [9.17, 15) is 0 Å². The van der Waals surface area contributed by atoms with Gasteiger partial charge in [-0.1, -0.05) is 33.1 Å². The van der Waals surface area contributed by atoms with E-state index < -0.39 is 0 Å². The first kappa shape index (κ1) is 12.4. The van der Waals surface area contributed by atoms with Gasteiger partial charge in [0.05, 0.1) is 0 Å². The van der Waals surface area contributed by atoms with Gasteiger partial charge >= 0.3 is 0 Å². The van der Waals surface area contributed by atoms with Crippen LogP contribution in [0, 0.1) is 17.8 Å². The lowest BCUT2D eigenvalue weighted by atomic mass is 9.74. The van der Waals surface area contributed by atoms with Crippen LogP contribution in [0.5, 0.6) is 0 Å². The Kier molecular flexibility index (Phi) is 4.29. The molecule has 2 rings (SSSR count). The molecule has 1 N–H and O–H groups in total. The molecule has 1 nitrogen and oxygen atoms in total. The number of nitrogens with one attached hydrogen (secondary N) is 1. The van der Waals surface area contributed by atoms with E-state index in [0.29, 0.717) is 0 Å². The predicted molar refractivity (Wildman–Crippen MR) is 70.5 cm³/mol. The maximum Gasteiger partial charge on any atom is 0.00708 e. The summed E-state index contributed by atoms with van der Waals surface area (Å²) in [6, 6.07) is 1.60. The van der Waals surface area contributed by atoms with Crippen molar-refractivity contribution < 1.29 is 0 Å². The molecule has 0 aromatic carbocycles. The molecule has 0 amide bonds. The Balaban J connectivity index is 1.73. The van der Waals surface area contributed by atoms with Gasteiger partial charge in [-0.3, -0.25) is 0 Å². The van der Waals surface area contributed by atoms with Crippen molar-refractivity contribution in [3.05, 3.63) is 0 Å². The molecule has 0 aromatic rings. The third-order valence-electron chi connectivity index (χ3n) is 5.08. The largest absolute Gasteiger partial charge is 0.311 e. The zero-order valence-electron chi connectivity index (χ0n) is 11.3. The van der Waals surface area contributed by atoms with Gasteiger partial charge in [-0.2, -0.15) is 0 Å². The van der Waals surface area contributed by atoms with Crippen LogP contribution in [0.1, 0.15) is 65.7 Å². The minimum absolute atomic E-state index is 0.732. The highest BCUT2D eigenvalue weighted by atomic mass is 15.0. The van der Waals surface area contributed by atoms with Crippen LogP contribution in [0.15, 0.2) is 0 Å². The molecule has 1 heteroatoms. The highest BCUT2D eigenvalue weighted by molar-refractivity contribution is 4.87. The molecular weight excluding hydrogens is 194 g/mol. The Hall–Kier alpha value is -0.0400. The summed E-state index contributed by atoms with van der Waals surface area (Å²) in [6.07, 6.45) is 10.2. The van der Waals surface area contributed by atoms with E-state index >= 15 is 0 Å². The second-order valence-corrected chi connectivity index (χ2v) is 6.28. The van der Waals surface area contributed by atoms with E-state index in [1.807, 2.05) is 0 Å². The second-order valence-electron chi connectivity index (χ2n) is 6.28. The first-order valence-electron chi connectivity index (χ1n) is 7.46. The van der Waals surface area contributed by atoms with E-state index in [1.54, 1.807) is 0 Å². The molecule has 0 aliphatic heterocycles. The summed E-state index contributed by atoms with van der Waals surface area (Å²) >= 11 is 0. The Bertz CT molecular complexity index is 201. The van der Waals surface area contributed by atoms with Gasteiger partial charge in [0, 0.05) is 12.1 Å². The van der Waals surface area contributed by atoms with Gasteiger partial charge in [0.1, 0.15) is 0 Å². The average molecular weight is 223 g/mol. The van der Waals surface area contributed by atoms with E-state index in [-0.39, 0.29) is 0 Å². The van der Waals surface area contributed by atoms with Crippen LogP contribution in [0.25, 0.3) is 0 Å². The van der Waals surface area contributed by atoms with Crippen molar-refractivity contribution in [1.82, 2.24) is 5.32 Å². The number of hydrogen-bond acceptors (Lipinski definition) is 1. The highest BCUT2D eigenvalue weighted by Crippen LogP contribution is 2.36. The van der Waals surface area contributed by atoms with Crippen molar-refractivity contribution in [3.8, 4) is 0 Å². The molecule has 0 bridgehead atoms. The van der Waals surface area contributed by atoms with Crippen LogP contribution in [-0.4, -0.2) is 12.1 Å². The molecule has 0 radical (unpaired) electrons. The molecular formula is C15H29N. The topological polar surface area (TPSA) is 12.0 Å². The zero-order chi connectivity index (χ0) is 11.5. The fourth-order valence-electron chi connectivity index (χ4n) is 3.30. The van der Waals surface area contributed by atoms with Crippen molar-refractivity contribution in [1.29, 1.82) is 0 Å². The lowest BCUT2D eigenvalue weighted by molar-refractivity contribution is 0.182. The second kappa shape index (κ2) is 5.53. The van der Waals surface area contributed by atoms with Gasteiger partial charge in [0.2, 0.25) is 0 Å². The summed E-state index contributed by atoms with van der Waals surface area (Å²) in [4.78, 5) is 0. The fraction of sp³-hybridized carbons (Fsp3) is 1.00. The summed E-state index contributed by atoms with van der Waals surface area (Å²) in [7, 11) is 0. The summed E-state index contributed by atoms with van der Waals surface area (Å²) in [5, 5.41) is 3.78. The van der Waals surface area contributed by atoms with Crippen LogP contribution >= 0.6 is 0 Å². The molecule has 2 saturated carbocycles. The maximum atomic E-state index is 3.78. The Morgan fingerprint density at radius 3 is 2.12 bits per heavy atom. The fourth-order valence-corrected chi connectivity index (χ4v) is 3.30. The molecule has 0 saturated heterocycles. The first-order chi connectivity index (χ1) is 7.70. The van der Waals surface area contributed by atoms with Gasteiger partial charge < -0.3 is 5.32 Å². The molecule has 16 heavy (non-hydrogen) atoms. The molecule has 94 valence electrons. The standard InChI is InChI=1S/C15H29N/c1-4-13-5-7-14(8-6-13)11(2)12(3)16-15-9-10-15/h11-16H,4-10H2,1-3H3. The molecule has 0 heterocycles. The van der Waals surface area contributed by atoms with Crippen molar-refractivity contribution in [2.24, 2.45) is 17.8 Å². The lowest BCUT2D eigenvalue weighted by Crippen LogP contribution is -2.38. The van der Waals surface area contributed by atoms with Crippen LogP contribution in [0.4, 0.5) is 0 Å². The quantitative estimate of drug-likeness (QED) is 0.743. The van der Waals surface area contributed by atoms with Crippen molar-refractivity contribution in [2.45, 2.75) is 77.8 Å². The van der Waals surface area contributed by atoms with Gasteiger partial charge in [-0.15, -0.1) is 0 Å². The lowest BCUT2D eigenvalue weighted by Gasteiger charge is -2.35. The SMILES string of the molecule is CCC1CCC(C(C)C(C)NC2CC2)CC1. The van der Waals surface area contributed by atoms with E-state index in [0.717, 1.165) is 29.8 Å². The van der Waals surface area contributed by atoms with Gasteiger partial charge in [0.25, 0.3) is 0 Å². The minimum Gasteiger partial charge on any atom is -0.311 e. The number of hydrogen-bond donors (Lipinski definition) is 1. The highest BCUT2D eigenvalue weighted by Gasteiger charge is 2.30. The zero-order valence-corrected chi connectivity index (χ0v) is 11.3. The molecule has 2 aliphatic carbocycles. The molecule has 0 spiro atoms. The molecule has 2 aliphatic rings. The summed E-state index contributed by atoms with van der Waals surface area (Å²) in [6.45, 7) is 7.22. The van der Waals surface area contributed by atoms with Gasteiger partial charge in [0.15, 0.2) is 0 Å². The predicted octanol–water partition coefficient (Wildman–Crippen LogP) is 3.98. The van der Waals surface area contributed by atoms with E-state index in [1.165, 1.54) is 44.9 Å². The van der Waals surface area contributed by atoms with Gasteiger partial charge in [-0.25, -0.2) is 0 Å². The molecule has 2 atom stereocenters. The Labute approximate surface area is 101 Å². The maximum absolute atomic E-state index is 3.78. The summed E-state index contributed by atoms with van der Waals surface area (Å²) in [5.74, 6) is 2.90. The van der Waals surface area contributed by atoms with Crippen LogP contribution < -0.4 is 5.32 Å². The van der Waals surface area contributed by atoms with Crippen LogP contribution in [0.2, 0.25) is 0 Å². The van der Waals surface area contributed by atoms with Crippen molar-refractivity contribution in [2.75, 3.05) is 0 Å². The van der Waals surface area contributed by atoms with E-state index in [4.69, 9.17) is 0 Å². The third kappa shape index (κ3) is 3.23. The third-order valence-corrected chi connectivity index (χ3v) is 5.08. The molecule has 0 aromatic heterocycles. The molecule has 2 fully saturated rings. The van der Waals surface area contributed by atoms with Crippen molar-refractivity contribution >= 4 is 0 Å². The summed E-state index contributed by atoms with van der Waals surface area (Å²) in [5.41, 5.74) is 0. The first-order valence-corrected chi connectivity index (χ1v) is 7.46. The smallest absolute Gasteiger partial charge is 0.00708 e. The normalized spacial score (nSPS) is 34.7. The Morgan fingerprint density at radius 1 is 1.00 bits per heavy atom. The van der Waals surface area contributed by atoms with Crippen LogP contribution in [0.3, 0.4) is 0 Å². The summed E-state index contributed by atoms with van der Waals surface area (Å²) < 4.78 is 0. The minimum atomic E-state index is 0.732. The average Bonchev–Trinajstić information content (AvgIpc) is 3.12. The monoisotopic (exact) mass is 223 g/mol. The van der Waals surface area contributed by atoms with Crippen LogP contribution in [-0.2, 0) is 0 Å². The Morgan fingerprint density at radius 2 is 1.62 bits per heavy atom. The van der Waals surface area contributed by atoms with E-state index in [2.05, 4.69) is 26.1 Å². The number of rotatable bonds is 5. The van der Waals surface area contributed by atoms with Crippen molar-refractivity contribution in [3.63, 3.8) is 0 Å². The molecule has 2 unspecified atom stereocenters. The van der Waals surface area contributed by atoms with Gasteiger partial charge in [-0.05, 0) is 50.4 Å².